The van der Waals surface area contributed by atoms with Gasteiger partial charge in [-0.3, -0.25) is 5.84 Å². The Morgan fingerprint density at radius 2 is 1.79 bits per heavy atom. The molecule has 2 nitrogen and oxygen atoms in total. The minimum Gasteiger partial charge on any atom is -0.271 e. The molecule has 1 atom stereocenters. The highest BCUT2D eigenvalue weighted by atomic mass is 19.2. The van der Waals surface area contributed by atoms with Crippen LogP contribution in [0.2, 0.25) is 0 Å². The van der Waals surface area contributed by atoms with Crippen molar-refractivity contribution >= 4 is 0 Å². The van der Waals surface area contributed by atoms with E-state index in [0.29, 0.717) is 0 Å². The summed E-state index contributed by atoms with van der Waals surface area (Å²) in [6.45, 7) is 3.41. The molecule has 3 N–H and O–H groups in total. The van der Waals surface area contributed by atoms with Crippen LogP contribution in [0.5, 0.6) is 0 Å². The summed E-state index contributed by atoms with van der Waals surface area (Å²) in [5, 5.41) is 0. The molecule has 1 aromatic carbocycles. The number of nitrogens with two attached hydrogens (primary N) is 1. The van der Waals surface area contributed by atoms with Crippen LogP contribution in [-0.4, -0.2) is 0 Å². The molecule has 0 saturated heterocycles. The third-order valence-electron chi connectivity index (χ3n) is 1.78. The lowest BCUT2D eigenvalue weighted by Gasteiger charge is -2.11. The molecule has 0 aromatic heterocycles. The highest BCUT2D eigenvalue weighted by molar-refractivity contribution is 5.25. The molecule has 0 saturated carbocycles. The van der Waals surface area contributed by atoms with Gasteiger partial charge in [0.15, 0.2) is 17.5 Å². The summed E-state index contributed by atoms with van der Waals surface area (Å²) in [5.41, 5.74) is 2.45. The third-order valence-corrected chi connectivity index (χ3v) is 1.78. The Balaban J connectivity index is 3.17. The molecule has 0 aliphatic heterocycles. The van der Waals surface area contributed by atoms with E-state index in [1.54, 1.807) is 0 Å². The van der Waals surface area contributed by atoms with Crippen LogP contribution in [0, 0.1) is 17.5 Å². The standard InChI is InChI=1S/C9H9F3N2/c1-2-8(14-13)5-3-6(10)9(12)7(11)4-5/h2-4,8,14H,1,13H2. The summed E-state index contributed by atoms with van der Waals surface area (Å²) in [4.78, 5) is 0. The second kappa shape index (κ2) is 4.26. The Morgan fingerprint density at radius 3 is 2.14 bits per heavy atom. The first-order valence-electron chi connectivity index (χ1n) is 3.83. The van der Waals surface area contributed by atoms with Gasteiger partial charge in [0.2, 0.25) is 0 Å². The second-order valence-corrected chi connectivity index (χ2v) is 2.68. The lowest BCUT2D eigenvalue weighted by atomic mass is 10.1. The van der Waals surface area contributed by atoms with Gasteiger partial charge in [-0.05, 0) is 17.7 Å². The Bertz CT molecular complexity index is 329. The lowest BCUT2D eigenvalue weighted by Crippen LogP contribution is -2.26. The van der Waals surface area contributed by atoms with E-state index in [4.69, 9.17) is 5.84 Å². The summed E-state index contributed by atoms with van der Waals surface area (Å²) in [6.07, 6.45) is 1.35. The maximum atomic E-state index is 12.8. The first-order valence-corrected chi connectivity index (χ1v) is 3.83. The van der Waals surface area contributed by atoms with Crippen molar-refractivity contribution in [2.45, 2.75) is 6.04 Å². The van der Waals surface area contributed by atoms with E-state index < -0.39 is 23.5 Å². The zero-order chi connectivity index (χ0) is 10.7. The topological polar surface area (TPSA) is 38.0 Å². The third kappa shape index (κ3) is 1.94. The minimum atomic E-state index is -1.49. The molecule has 0 bridgehead atoms. The molecular formula is C9H9F3N2. The first kappa shape index (κ1) is 10.7. The fraction of sp³-hybridized carbons (Fsp3) is 0.111. The first-order chi connectivity index (χ1) is 6.60. The van der Waals surface area contributed by atoms with E-state index in [2.05, 4.69) is 12.0 Å². The highest BCUT2D eigenvalue weighted by Gasteiger charge is 2.14. The summed E-state index contributed by atoms with van der Waals surface area (Å²) in [6, 6.07) is 1.12. The van der Waals surface area contributed by atoms with Gasteiger partial charge in [-0.1, -0.05) is 6.08 Å². The monoisotopic (exact) mass is 202 g/mol. The summed E-state index contributed by atoms with van der Waals surface area (Å²) in [5.74, 6) is 1.11. The quantitative estimate of drug-likeness (QED) is 0.339. The molecule has 1 aromatic rings. The number of halogens is 3. The predicted molar refractivity (Wildman–Crippen MR) is 46.6 cm³/mol. The van der Waals surface area contributed by atoms with Crippen molar-refractivity contribution in [3.63, 3.8) is 0 Å². The number of hydrogen-bond acceptors (Lipinski definition) is 2. The van der Waals surface area contributed by atoms with E-state index in [1.165, 1.54) is 6.08 Å². The van der Waals surface area contributed by atoms with Gasteiger partial charge in [0.05, 0.1) is 6.04 Å². The number of hydrogen-bond donors (Lipinski definition) is 2. The zero-order valence-corrected chi connectivity index (χ0v) is 7.23. The normalized spacial score (nSPS) is 12.6. The fourth-order valence-corrected chi connectivity index (χ4v) is 1.06. The molecule has 0 radical (unpaired) electrons. The van der Waals surface area contributed by atoms with Crippen LogP contribution in [-0.2, 0) is 0 Å². The maximum absolute atomic E-state index is 12.8. The van der Waals surface area contributed by atoms with Gasteiger partial charge in [-0.2, -0.15) is 0 Å². The van der Waals surface area contributed by atoms with Crippen LogP contribution in [0.3, 0.4) is 0 Å². The number of nitrogens with one attached hydrogen (secondary N) is 1. The van der Waals surface area contributed by atoms with Gasteiger partial charge < -0.3 is 0 Å². The Hall–Kier alpha value is -1.33. The molecule has 1 rings (SSSR count). The summed E-state index contributed by atoms with van der Waals surface area (Å²) in [7, 11) is 0. The van der Waals surface area contributed by atoms with Crippen molar-refractivity contribution in [3.8, 4) is 0 Å². The van der Waals surface area contributed by atoms with Crippen LogP contribution in [0.15, 0.2) is 24.8 Å². The molecule has 0 fully saturated rings. The van der Waals surface area contributed by atoms with E-state index in [-0.39, 0.29) is 5.56 Å². The second-order valence-electron chi connectivity index (χ2n) is 2.68. The van der Waals surface area contributed by atoms with E-state index in [9.17, 15) is 13.2 Å². The van der Waals surface area contributed by atoms with Gasteiger partial charge >= 0.3 is 0 Å². The Labute approximate surface area is 79.2 Å². The largest absolute Gasteiger partial charge is 0.271 e. The molecule has 0 spiro atoms. The zero-order valence-electron chi connectivity index (χ0n) is 7.23. The highest BCUT2D eigenvalue weighted by Crippen LogP contribution is 2.19. The Morgan fingerprint density at radius 1 is 1.29 bits per heavy atom. The number of rotatable bonds is 3. The molecule has 0 aliphatic carbocycles. The number of benzene rings is 1. The van der Waals surface area contributed by atoms with E-state index in [1.807, 2.05) is 0 Å². The SMILES string of the molecule is C=CC(NN)c1cc(F)c(F)c(F)c1. The lowest BCUT2D eigenvalue weighted by molar-refractivity contribution is 0.443. The van der Waals surface area contributed by atoms with Crippen molar-refractivity contribution in [2.24, 2.45) is 5.84 Å². The average molecular weight is 202 g/mol. The van der Waals surface area contributed by atoms with Gasteiger partial charge in [-0.25, -0.2) is 18.6 Å². The van der Waals surface area contributed by atoms with Crippen molar-refractivity contribution < 1.29 is 13.2 Å². The molecule has 0 heterocycles. The number of hydrazine groups is 1. The maximum Gasteiger partial charge on any atom is 0.194 e. The fourth-order valence-electron chi connectivity index (χ4n) is 1.06. The van der Waals surface area contributed by atoms with Gasteiger partial charge in [-0.15, -0.1) is 6.58 Å². The molecule has 0 aliphatic rings. The van der Waals surface area contributed by atoms with Gasteiger partial charge in [0, 0.05) is 0 Å². The smallest absolute Gasteiger partial charge is 0.194 e. The predicted octanol–water partition coefficient (Wildman–Crippen LogP) is 1.79. The van der Waals surface area contributed by atoms with Gasteiger partial charge in [0.1, 0.15) is 0 Å². The minimum absolute atomic E-state index is 0.180. The molecule has 0 amide bonds. The van der Waals surface area contributed by atoms with Crippen LogP contribution in [0.4, 0.5) is 13.2 Å². The van der Waals surface area contributed by atoms with Crippen LogP contribution >= 0.6 is 0 Å². The van der Waals surface area contributed by atoms with Crippen LogP contribution in [0.1, 0.15) is 11.6 Å². The van der Waals surface area contributed by atoms with Crippen molar-refractivity contribution in [1.82, 2.24) is 5.43 Å². The van der Waals surface area contributed by atoms with Gasteiger partial charge in [0.25, 0.3) is 0 Å². The van der Waals surface area contributed by atoms with Crippen molar-refractivity contribution in [1.29, 1.82) is 0 Å². The molecular weight excluding hydrogens is 193 g/mol. The Kier molecular flexibility index (Phi) is 3.27. The molecule has 5 heteroatoms. The molecule has 76 valence electrons. The molecule has 1 unspecified atom stereocenters. The van der Waals surface area contributed by atoms with Crippen LogP contribution < -0.4 is 11.3 Å². The van der Waals surface area contributed by atoms with Crippen molar-refractivity contribution in [3.05, 3.63) is 47.8 Å². The summed E-state index contributed by atoms with van der Waals surface area (Å²) < 4.78 is 38.1. The van der Waals surface area contributed by atoms with E-state index in [0.717, 1.165) is 12.1 Å². The average Bonchev–Trinajstić information content (AvgIpc) is 2.16. The summed E-state index contributed by atoms with van der Waals surface area (Å²) >= 11 is 0. The van der Waals surface area contributed by atoms with Crippen LogP contribution in [0.25, 0.3) is 0 Å². The van der Waals surface area contributed by atoms with Crippen molar-refractivity contribution in [2.75, 3.05) is 0 Å². The molecule has 14 heavy (non-hydrogen) atoms. The van der Waals surface area contributed by atoms with E-state index >= 15 is 0 Å².